The van der Waals surface area contributed by atoms with Crippen molar-refractivity contribution >= 4 is 113 Å². The van der Waals surface area contributed by atoms with E-state index in [2.05, 4.69) is 0 Å². The van der Waals surface area contributed by atoms with Crippen molar-refractivity contribution in [3.63, 3.8) is 0 Å². The van der Waals surface area contributed by atoms with Gasteiger partial charge in [0, 0.05) is 129 Å². The third kappa shape index (κ3) is 10800. The summed E-state index contributed by atoms with van der Waals surface area (Å²) in [5.74, 6) is -16.3. The standard InChI is InChI=1S/15C2H4O2.C2H6O2.Co.Sn.V.W/c15*1-2(3)4;3-1-2-4;;;;/h15*1H3,(H,3,4);3-4H,1-2H2;;;;/q;;;;;;;;;;;;;;;;+2;+4;;/p-15. The number of hydrogen-bond donors (Lipinski definition) is 2. The molecule has 0 aromatic carbocycles. The maximum atomic E-state index is 8.89. The van der Waals surface area contributed by atoms with Gasteiger partial charge in [-0.3, -0.25) is 0 Å². The van der Waals surface area contributed by atoms with Crippen molar-refractivity contribution in [3.05, 3.63) is 0 Å². The number of carbonyl (C=O) groups excluding carboxylic acids is 15. The van der Waals surface area contributed by atoms with Crippen LogP contribution in [0.25, 0.3) is 0 Å². The van der Waals surface area contributed by atoms with Gasteiger partial charge in [-0.2, -0.15) is 0 Å². The molecule has 0 aliphatic carbocycles. The zero-order valence-electron chi connectivity index (χ0n) is 38.7. The largest absolute Gasteiger partial charge is 4.00 e. The fourth-order valence-electron chi connectivity index (χ4n) is 0. The molecule has 2 radical (unpaired) electrons. The van der Waals surface area contributed by atoms with E-state index in [0.717, 1.165) is 104 Å². The zero-order chi connectivity index (χ0) is 57.1. The molecular weight excluding hydrogens is 1310 g/mol. The molecule has 0 aromatic rings. The number of aliphatic hydroxyl groups excluding tert-OH is 2. The van der Waals surface area contributed by atoms with Gasteiger partial charge >= 0.3 is 40.7 Å². The van der Waals surface area contributed by atoms with E-state index >= 15 is 0 Å². The quantitative estimate of drug-likeness (QED) is 0.230. The molecule has 36 heteroatoms. The molecular formula is C32H51CoO32SnVW-9. The predicted molar refractivity (Wildman–Crippen MR) is 180 cm³/mol. The minimum absolute atomic E-state index is 0. The average molecular weight is 1360 g/mol. The molecule has 0 spiro atoms. The third-order valence-electron chi connectivity index (χ3n) is 0.1000. The Labute approximate surface area is 443 Å². The van der Waals surface area contributed by atoms with E-state index in [1.54, 1.807) is 0 Å². The molecule has 32 nitrogen and oxygen atoms in total. The van der Waals surface area contributed by atoms with Crippen LogP contribution in [-0.2, 0) is 128 Å². The fraction of sp³-hybridized carbons (Fsp3) is 0.531. The van der Waals surface area contributed by atoms with Crippen LogP contribution in [0.3, 0.4) is 0 Å². The van der Waals surface area contributed by atoms with Crippen molar-refractivity contribution in [3.8, 4) is 0 Å². The molecule has 0 atom stereocenters. The monoisotopic (exact) mass is 1360 g/mol. The second-order valence-corrected chi connectivity index (χ2v) is 7.82. The van der Waals surface area contributed by atoms with Crippen molar-refractivity contribution in [1.29, 1.82) is 0 Å². The Kier molecular flexibility index (Phi) is 252. The summed E-state index contributed by atoms with van der Waals surface area (Å²) in [6.07, 6.45) is 0. The molecule has 0 heterocycles. The minimum atomic E-state index is -1.08. The molecule has 0 aliphatic rings. The molecule has 0 aromatic heterocycles. The van der Waals surface area contributed by atoms with E-state index in [9.17, 15) is 0 Å². The van der Waals surface area contributed by atoms with E-state index in [-0.39, 0.29) is 93.5 Å². The molecule has 0 unspecified atom stereocenters. The van der Waals surface area contributed by atoms with E-state index in [0.29, 0.717) is 0 Å². The number of aliphatic hydroxyl groups is 2. The van der Waals surface area contributed by atoms with Crippen LogP contribution in [0.5, 0.6) is 0 Å². The van der Waals surface area contributed by atoms with Crippen LogP contribution in [0.15, 0.2) is 0 Å². The van der Waals surface area contributed by atoms with Crippen LogP contribution in [0, 0.1) is 0 Å². The van der Waals surface area contributed by atoms with Crippen LogP contribution >= 0.6 is 0 Å². The normalized spacial score (nSPS) is 5.96. The van der Waals surface area contributed by atoms with E-state index in [1.807, 2.05) is 0 Å². The molecule has 0 amide bonds. The van der Waals surface area contributed by atoms with Crippen LogP contribution in [-0.4, -0.2) is 137 Å². The molecule has 2 N–H and O–H groups in total. The summed E-state index contributed by atoms with van der Waals surface area (Å²) < 4.78 is 0. The summed E-state index contributed by atoms with van der Waals surface area (Å²) in [6, 6.07) is 0. The van der Waals surface area contributed by atoms with E-state index in [4.69, 9.17) is 159 Å². The Morgan fingerprint density at radius 2 is 0.250 bits per heavy atom. The van der Waals surface area contributed by atoms with Gasteiger partial charge in [-0.05, 0) is 104 Å². The van der Waals surface area contributed by atoms with Gasteiger partial charge in [0.2, 0.25) is 0 Å². The molecule has 0 saturated carbocycles. The zero-order valence-corrected chi connectivity index (χ0v) is 47.0. The summed E-state index contributed by atoms with van der Waals surface area (Å²) in [4.78, 5) is 133. The van der Waals surface area contributed by atoms with Gasteiger partial charge in [0.1, 0.15) is 0 Å². The maximum Gasteiger partial charge on any atom is 4.00 e. The van der Waals surface area contributed by atoms with E-state index in [1.165, 1.54) is 0 Å². The van der Waals surface area contributed by atoms with Crippen molar-refractivity contribution in [2.75, 3.05) is 13.2 Å². The van der Waals surface area contributed by atoms with Gasteiger partial charge in [0.15, 0.2) is 0 Å². The van der Waals surface area contributed by atoms with Crippen LogP contribution in [0.1, 0.15) is 104 Å². The number of carbonyl (C=O) groups is 15. The molecule has 404 valence electrons. The summed E-state index contributed by atoms with van der Waals surface area (Å²) in [5.41, 5.74) is 0. The second-order valence-electron chi connectivity index (χ2n) is 7.82. The smallest absolute Gasteiger partial charge is 0.550 e. The first-order chi connectivity index (χ1) is 27.9. The van der Waals surface area contributed by atoms with Gasteiger partial charge in [0.25, 0.3) is 0 Å². The molecule has 0 aliphatic heterocycles. The van der Waals surface area contributed by atoms with Crippen LogP contribution < -0.4 is 76.6 Å². The molecule has 0 rings (SSSR count). The molecule has 0 bridgehead atoms. The molecule has 68 heavy (non-hydrogen) atoms. The van der Waals surface area contributed by atoms with Gasteiger partial charge in [-0.25, -0.2) is 0 Å². The Morgan fingerprint density at radius 3 is 0.250 bits per heavy atom. The Morgan fingerprint density at radius 1 is 0.235 bits per heavy atom. The van der Waals surface area contributed by atoms with Crippen molar-refractivity contribution < 1.29 is 215 Å². The first-order valence-corrected chi connectivity index (χ1v) is 14.8. The molecule has 0 saturated heterocycles. The predicted octanol–water partition coefficient (Wildman–Crippen LogP) is -20.1. The van der Waals surface area contributed by atoms with Gasteiger partial charge in [-0.1, -0.05) is 0 Å². The van der Waals surface area contributed by atoms with Crippen LogP contribution in [0.2, 0.25) is 0 Å². The topological polar surface area (TPSA) is 642 Å². The average Bonchev–Trinajstić information content (AvgIpc) is 2.88. The first kappa shape index (κ1) is 131. The Bertz CT molecular complexity index is 821. The Hall–Kier alpha value is -5.45. The summed E-state index contributed by atoms with van der Waals surface area (Å²) >= 11 is 0. The number of carboxylic acid groups (broad SMARTS) is 15. The second kappa shape index (κ2) is 131. The number of rotatable bonds is 1. The summed E-state index contributed by atoms with van der Waals surface area (Å²) in [6.45, 7) is 14.3. The molecule has 0 fully saturated rings. The Balaban J connectivity index is -0.0000000200. The fourth-order valence-corrected chi connectivity index (χ4v) is 0. The number of carboxylic acids is 15. The minimum Gasteiger partial charge on any atom is -0.550 e. The van der Waals surface area contributed by atoms with Crippen molar-refractivity contribution in [2.45, 2.75) is 104 Å². The number of hydrogen-bond acceptors (Lipinski definition) is 32. The first-order valence-electron chi connectivity index (χ1n) is 14.8. The van der Waals surface area contributed by atoms with E-state index < -0.39 is 89.5 Å². The van der Waals surface area contributed by atoms with Gasteiger partial charge in [-0.15, -0.1) is 0 Å². The SMILES string of the molecule is CC(=O)[O-].CC(=O)[O-].CC(=O)[O-].CC(=O)[O-].CC(=O)[O-].CC(=O)[O-].CC(=O)[O-].CC(=O)[O-].CC(=O)[O-].CC(=O)[O-].CC(=O)[O-].CC(=O)[O-].CC(=O)[O-].CC(=O)[O-].CC(=O)[O-].OCCO.[Co+2].[Sn+4].[V].[W]. The van der Waals surface area contributed by atoms with Gasteiger partial charge < -0.3 is 159 Å². The van der Waals surface area contributed by atoms with Crippen molar-refractivity contribution in [1.82, 2.24) is 0 Å². The summed E-state index contributed by atoms with van der Waals surface area (Å²) in [7, 11) is 0. The maximum absolute atomic E-state index is 8.89. The van der Waals surface area contributed by atoms with Gasteiger partial charge in [0.05, 0.1) is 13.2 Å². The third-order valence-corrected chi connectivity index (χ3v) is 0.1000. The van der Waals surface area contributed by atoms with Crippen molar-refractivity contribution in [2.24, 2.45) is 0 Å². The van der Waals surface area contributed by atoms with Crippen LogP contribution in [0.4, 0.5) is 0 Å². The summed E-state index contributed by atoms with van der Waals surface area (Å²) in [5, 5.41) is 149. The number of aliphatic carboxylic acids is 15.